The molecule has 120 valence electrons. The first-order valence-electron chi connectivity index (χ1n) is 7.42. The third-order valence-corrected chi connectivity index (χ3v) is 4.07. The molecule has 6 nitrogen and oxygen atoms in total. The summed E-state index contributed by atoms with van der Waals surface area (Å²) in [6.45, 7) is 13.6. The summed E-state index contributed by atoms with van der Waals surface area (Å²) in [6, 6.07) is 0. The van der Waals surface area contributed by atoms with E-state index in [9.17, 15) is 9.59 Å². The van der Waals surface area contributed by atoms with Crippen LogP contribution in [0.3, 0.4) is 0 Å². The third kappa shape index (κ3) is 4.12. The number of nitrogens with one attached hydrogen (secondary N) is 2. The maximum atomic E-state index is 12.0. The Labute approximate surface area is 125 Å². The molecule has 1 rings (SSSR count). The van der Waals surface area contributed by atoms with Gasteiger partial charge in [0.1, 0.15) is 11.5 Å². The van der Waals surface area contributed by atoms with E-state index in [0.717, 1.165) is 0 Å². The largest absolute Gasteiger partial charge is 0.383 e. The highest BCUT2D eigenvalue weighted by atomic mass is 16.2. The predicted molar refractivity (Wildman–Crippen MR) is 87.7 cm³/mol. The normalized spacial score (nSPS) is 12.2. The second-order valence-electron chi connectivity index (χ2n) is 7.02. The van der Waals surface area contributed by atoms with Gasteiger partial charge in [0.2, 0.25) is 0 Å². The van der Waals surface area contributed by atoms with Gasteiger partial charge in [0.05, 0.1) is 0 Å². The Morgan fingerprint density at radius 1 is 1.24 bits per heavy atom. The second kappa shape index (κ2) is 6.37. The molecule has 0 aliphatic heterocycles. The van der Waals surface area contributed by atoms with E-state index in [-0.39, 0.29) is 22.8 Å². The van der Waals surface area contributed by atoms with Crippen molar-refractivity contribution in [3.63, 3.8) is 0 Å². The van der Waals surface area contributed by atoms with Gasteiger partial charge in [-0.05, 0) is 17.3 Å². The van der Waals surface area contributed by atoms with Crippen LogP contribution in [0.5, 0.6) is 0 Å². The van der Waals surface area contributed by atoms with E-state index >= 15 is 0 Å². The minimum atomic E-state index is -0.461. The minimum Gasteiger partial charge on any atom is -0.383 e. The Bertz CT molecular complexity index is 597. The summed E-state index contributed by atoms with van der Waals surface area (Å²) in [5, 5.41) is 3.12. The van der Waals surface area contributed by atoms with Crippen molar-refractivity contribution in [2.24, 2.45) is 17.3 Å². The fourth-order valence-corrected chi connectivity index (χ4v) is 1.83. The first-order chi connectivity index (χ1) is 9.56. The summed E-state index contributed by atoms with van der Waals surface area (Å²) in [6.07, 6.45) is 0. The Kier molecular flexibility index (Phi) is 5.25. The number of anilines is 2. The highest BCUT2D eigenvalue weighted by Crippen LogP contribution is 2.26. The molecule has 0 atom stereocenters. The number of hydrogen-bond acceptors (Lipinski definition) is 4. The molecule has 1 aromatic rings. The zero-order chi connectivity index (χ0) is 16.4. The zero-order valence-corrected chi connectivity index (χ0v) is 13.9. The van der Waals surface area contributed by atoms with E-state index in [1.807, 2.05) is 13.8 Å². The summed E-state index contributed by atoms with van der Waals surface area (Å²) in [7, 11) is 0. The van der Waals surface area contributed by atoms with E-state index in [0.29, 0.717) is 19.0 Å². The molecule has 21 heavy (non-hydrogen) atoms. The highest BCUT2D eigenvalue weighted by molar-refractivity contribution is 5.60. The van der Waals surface area contributed by atoms with Crippen LogP contribution in [0.15, 0.2) is 9.59 Å². The van der Waals surface area contributed by atoms with Gasteiger partial charge in [-0.15, -0.1) is 0 Å². The van der Waals surface area contributed by atoms with Crippen molar-refractivity contribution in [1.82, 2.24) is 9.55 Å². The Balaban J connectivity index is 3.14. The van der Waals surface area contributed by atoms with Gasteiger partial charge < -0.3 is 11.1 Å². The standard InChI is InChI=1S/C15H28N4O2/c1-9(2)7-19-12(16)11(13(20)18-14(19)21)17-8-15(5,6)10(3)4/h9-10,17H,7-8,16H2,1-6H3,(H,18,20,21). The number of nitrogens with zero attached hydrogens (tertiary/aromatic N) is 1. The summed E-state index contributed by atoms with van der Waals surface area (Å²) in [4.78, 5) is 26.2. The van der Waals surface area contributed by atoms with Crippen LogP contribution in [-0.2, 0) is 6.54 Å². The van der Waals surface area contributed by atoms with Gasteiger partial charge in [0.15, 0.2) is 0 Å². The van der Waals surface area contributed by atoms with Crippen molar-refractivity contribution in [2.75, 3.05) is 17.6 Å². The van der Waals surface area contributed by atoms with E-state index in [2.05, 4.69) is 38.0 Å². The first kappa shape index (κ1) is 17.3. The molecule has 0 unspecified atom stereocenters. The minimum absolute atomic E-state index is 0.0118. The van der Waals surface area contributed by atoms with Gasteiger partial charge in [-0.3, -0.25) is 14.3 Å². The van der Waals surface area contributed by atoms with Crippen molar-refractivity contribution in [3.05, 3.63) is 20.8 Å². The third-order valence-electron chi connectivity index (χ3n) is 4.07. The van der Waals surface area contributed by atoms with Crippen LogP contribution in [0.2, 0.25) is 0 Å². The van der Waals surface area contributed by atoms with Crippen molar-refractivity contribution >= 4 is 11.5 Å². The van der Waals surface area contributed by atoms with Gasteiger partial charge >= 0.3 is 5.69 Å². The summed E-state index contributed by atoms with van der Waals surface area (Å²) in [5.41, 5.74) is 5.39. The van der Waals surface area contributed by atoms with Crippen LogP contribution in [0.25, 0.3) is 0 Å². The number of aromatic amines is 1. The lowest BCUT2D eigenvalue weighted by Crippen LogP contribution is -2.37. The van der Waals surface area contributed by atoms with Crippen LogP contribution in [0, 0.1) is 17.3 Å². The highest BCUT2D eigenvalue weighted by Gasteiger charge is 2.23. The van der Waals surface area contributed by atoms with E-state index in [4.69, 9.17) is 5.73 Å². The summed E-state index contributed by atoms with van der Waals surface area (Å²) >= 11 is 0. The van der Waals surface area contributed by atoms with Gasteiger partial charge in [0, 0.05) is 13.1 Å². The fourth-order valence-electron chi connectivity index (χ4n) is 1.83. The molecule has 0 saturated carbocycles. The molecule has 0 radical (unpaired) electrons. The number of nitrogens with two attached hydrogens (primary N) is 1. The molecule has 0 bridgehead atoms. The number of nitrogen functional groups attached to an aromatic ring is 1. The molecular formula is C15H28N4O2. The molecular weight excluding hydrogens is 268 g/mol. The smallest absolute Gasteiger partial charge is 0.330 e. The second-order valence-corrected chi connectivity index (χ2v) is 7.02. The molecule has 0 aromatic carbocycles. The number of hydrogen-bond donors (Lipinski definition) is 3. The topological polar surface area (TPSA) is 92.9 Å². The van der Waals surface area contributed by atoms with Gasteiger partial charge in [-0.25, -0.2) is 4.79 Å². The van der Waals surface area contributed by atoms with Crippen LogP contribution in [-0.4, -0.2) is 16.1 Å². The lowest BCUT2D eigenvalue weighted by molar-refractivity contribution is 0.269. The van der Waals surface area contributed by atoms with Crippen LogP contribution in [0.4, 0.5) is 11.5 Å². The Morgan fingerprint density at radius 3 is 2.29 bits per heavy atom. The Hall–Kier alpha value is -1.72. The SMILES string of the molecule is CC(C)Cn1c(N)c(NCC(C)(C)C(C)C)c(=O)[nH]c1=O. The van der Waals surface area contributed by atoms with E-state index in [1.165, 1.54) is 4.57 Å². The van der Waals surface area contributed by atoms with Crippen molar-refractivity contribution in [3.8, 4) is 0 Å². The summed E-state index contributed by atoms with van der Waals surface area (Å²) in [5.74, 6) is 0.916. The molecule has 0 fully saturated rings. The lowest BCUT2D eigenvalue weighted by atomic mass is 9.81. The quantitative estimate of drug-likeness (QED) is 0.747. The lowest BCUT2D eigenvalue weighted by Gasteiger charge is -2.30. The molecule has 0 spiro atoms. The molecule has 6 heteroatoms. The molecule has 1 heterocycles. The van der Waals surface area contributed by atoms with Gasteiger partial charge in [-0.1, -0.05) is 41.5 Å². The zero-order valence-electron chi connectivity index (χ0n) is 13.9. The fraction of sp³-hybridized carbons (Fsp3) is 0.733. The first-order valence-corrected chi connectivity index (χ1v) is 7.42. The van der Waals surface area contributed by atoms with Crippen LogP contribution < -0.4 is 22.3 Å². The average molecular weight is 296 g/mol. The van der Waals surface area contributed by atoms with Crippen LogP contribution in [0.1, 0.15) is 41.5 Å². The monoisotopic (exact) mass is 296 g/mol. The molecule has 0 saturated heterocycles. The maximum absolute atomic E-state index is 12.0. The molecule has 4 N–H and O–H groups in total. The Morgan fingerprint density at radius 2 is 1.81 bits per heavy atom. The van der Waals surface area contributed by atoms with Gasteiger partial charge in [-0.2, -0.15) is 0 Å². The maximum Gasteiger partial charge on any atom is 0.330 e. The molecule has 0 aliphatic rings. The average Bonchev–Trinajstić information content (AvgIpc) is 2.33. The molecule has 0 amide bonds. The number of rotatable bonds is 6. The van der Waals surface area contributed by atoms with Crippen molar-refractivity contribution in [2.45, 2.75) is 48.1 Å². The summed E-state index contributed by atoms with van der Waals surface area (Å²) < 4.78 is 1.41. The van der Waals surface area contributed by atoms with E-state index < -0.39 is 11.2 Å². The molecule has 0 aliphatic carbocycles. The number of H-pyrrole nitrogens is 1. The van der Waals surface area contributed by atoms with E-state index in [1.54, 1.807) is 0 Å². The van der Waals surface area contributed by atoms with Crippen LogP contribution >= 0.6 is 0 Å². The van der Waals surface area contributed by atoms with Gasteiger partial charge in [0.25, 0.3) is 5.56 Å². The van der Waals surface area contributed by atoms with Crippen molar-refractivity contribution in [1.29, 1.82) is 0 Å². The predicted octanol–water partition coefficient (Wildman–Crippen LogP) is 1.87. The number of aromatic nitrogens is 2. The van der Waals surface area contributed by atoms with Crippen molar-refractivity contribution < 1.29 is 0 Å². The molecule has 1 aromatic heterocycles.